The molecule has 0 spiro atoms. The van der Waals surface area contributed by atoms with Crippen molar-refractivity contribution in [2.45, 2.75) is 55.8 Å². The Morgan fingerprint density at radius 1 is 1.13 bits per heavy atom. The predicted octanol–water partition coefficient (Wildman–Crippen LogP) is 4.38. The Labute approximate surface area is 221 Å². The van der Waals surface area contributed by atoms with Crippen molar-refractivity contribution < 1.29 is 36.6 Å². The molecule has 0 bridgehead atoms. The Morgan fingerprint density at radius 3 is 2.26 bits per heavy atom. The molecule has 38 heavy (non-hydrogen) atoms. The lowest BCUT2D eigenvalue weighted by Crippen LogP contribution is -2.40. The summed E-state index contributed by atoms with van der Waals surface area (Å²) in [6.07, 6.45) is 0.920. The third kappa shape index (κ3) is 5.84. The number of hydrogen-bond donors (Lipinski definition) is 3. The molecule has 7 nitrogen and oxygen atoms in total. The minimum Gasteiger partial charge on any atom is -0.393 e. The highest BCUT2D eigenvalue weighted by Gasteiger charge is 2.49. The molecule has 3 N–H and O–H groups in total. The van der Waals surface area contributed by atoms with Gasteiger partial charge in [0.15, 0.2) is 27.3 Å². The molecule has 2 aromatic carbocycles. The largest absolute Gasteiger partial charge is 0.393 e. The van der Waals surface area contributed by atoms with Crippen LogP contribution in [-0.4, -0.2) is 56.1 Å². The number of aliphatic hydroxyl groups excluding tert-OH is 1. The van der Waals surface area contributed by atoms with Gasteiger partial charge in [0.2, 0.25) is 0 Å². The molecule has 2 aromatic rings. The maximum Gasteiger partial charge on any atom is 0.255 e. The quantitative estimate of drug-likeness (QED) is 0.396. The number of aliphatic hydroxyl groups is 2. The number of amides is 1. The van der Waals surface area contributed by atoms with Gasteiger partial charge in [-0.05, 0) is 55.2 Å². The summed E-state index contributed by atoms with van der Waals surface area (Å²) in [5.41, 5.74) is -1.46. The molecule has 3 rings (SSSR count). The van der Waals surface area contributed by atoms with Gasteiger partial charge in [-0.15, -0.1) is 0 Å². The fraction of sp³-hybridized carbons (Fsp3) is 0.519. The first-order chi connectivity index (χ1) is 17.6. The van der Waals surface area contributed by atoms with E-state index in [9.17, 15) is 36.6 Å². The number of anilines is 2. The summed E-state index contributed by atoms with van der Waals surface area (Å²) in [7, 11) is -0.737. The number of rotatable bonds is 9. The molecule has 0 saturated heterocycles. The Morgan fingerprint density at radius 2 is 1.74 bits per heavy atom. The fourth-order valence-electron chi connectivity index (χ4n) is 5.35. The zero-order valence-electron chi connectivity index (χ0n) is 22.1. The first-order valence-corrected chi connectivity index (χ1v) is 14.0. The van der Waals surface area contributed by atoms with Gasteiger partial charge in [-0.2, -0.15) is 0 Å². The summed E-state index contributed by atoms with van der Waals surface area (Å²) < 4.78 is 68.9. The van der Waals surface area contributed by atoms with E-state index < -0.39 is 56.6 Å². The van der Waals surface area contributed by atoms with E-state index in [0.717, 1.165) is 0 Å². The number of sulfone groups is 1. The lowest BCUT2D eigenvalue weighted by molar-refractivity contribution is -0.0356. The summed E-state index contributed by atoms with van der Waals surface area (Å²) in [5, 5.41) is 21.9. The van der Waals surface area contributed by atoms with E-state index in [1.54, 1.807) is 25.9 Å². The van der Waals surface area contributed by atoms with Crippen molar-refractivity contribution in [3.8, 4) is 0 Å². The minimum atomic E-state index is -4.07. The number of nitrogens with zero attached hydrogens (tertiary/aromatic N) is 1. The van der Waals surface area contributed by atoms with Crippen molar-refractivity contribution in [1.29, 1.82) is 0 Å². The van der Waals surface area contributed by atoms with E-state index in [1.807, 2.05) is 13.8 Å². The number of hydrogen-bond acceptors (Lipinski definition) is 6. The highest BCUT2D eigenvalue weighted by Crippen LogP contribution is 2.47. The van der Waals surface area contributed by atoms with Gasteiger partial charge in [0.1, 0.15) is 0 Å². The standard InChI is InChI=1S/C27H35F3N2O5S/c1-6-27(35,14-33)13-18-9-15(2)16(3)25(18)38(36,37)23-10-17(7-8-22(23)32(4)5)26(34)31-19-11-20(28)24(30)21(29)12-19/h7-8,10-12,15-16,18,25,33,35H,6,9,13-14H2,1-5H3,(H,31,34)/t15-,16?,18-,25?,27-/m0/s1. The van der Waals surface area contributed by atoms with Crippen LogP contribution in [0.15, 0.2) is 35.2 Å². The maximum atomic E-state index is 14.2. The number of carbonyl (C=O) groups excluding carboxylic acids is 1. The number of benzene rings is 2. The molecule has 1 amide bonds. The SMILES string of the molecule is CC[C@@](O)(CO)C[C@@H]1C[C@H](C)C(C)C1S(=O)(=O)c1cc(C(=O)Nc2cc(F)c(F)c(F)c2)ccc1N(C)C. The van der Waals surface area contributed by atoms with E-state index >= 15 is 0 Å². The van der Waals surface area contributed by atoms with Crippen molar-refractivity contribution in [2.75, 3.05) is 30.9 Å². The van der Waals surface area contributed by atoms with E-state index in [1.165, 1.54) is 18.2 Å². The Bertz CT molecular complexity index is 1270. The Kier molecular flexibility index (Phi) is 8.84. The molecule has 210 valence electrons. The first-order valence-electron chi connectivity index (χ1n) is 12.5. The van der Waals surface area contributed by atoms with Crippen LogP contribution in [0.4, 0.5) is 24.5 Å². The fourth-order valence-corrected chi connectivity index (χ4v) is 8.03. The molecule has 0 aliphatic heterocycles. The van der Waals surface area contributed by atoms with Gasteiger partial charge in [0, 0.05) is 37.5 Å². The maximum absolute atomic E-state index is 14.2. The third-order valence-corrected chi connectivity index (χ3v) is 10.2. The van der Waals surface area contributed by atoms with Crippen LogP contribution in [0.2, 0.25) is 0 Å². The molecule has 0 heterocycles. The van der Waals surface area contributed by atoms with Crippen LogP contribution in [0.25, 0.3) is 0 Å². The van der Waals surface area contributed by atoms with Crippen LogP contribution in [-0.2, 0) is 9.84 Å². The zero-order chi connectivity index (χ0) is 28.6. The smallest absolute Gasteiger partial charge is 0.255 e. The number of nitrogens with one attached hydrogen (secondary N) is 1. The van der Waals surface area contributed by atoms with E-state index in [2.05, 4.69) is 5.32 Å². The van der Waals surface area contributed by atoms with Crippen molar-refractivity contribution in [2.24, 2.45) is 17.8 Å². The Balaban J connectivity index is 2.05. The van der Waals surface area contributed by atoms with Gasteiger partial charge in [0.25, 0.3) is 5.91 Å². The van der Waals surface area contributed by atoms with E-state index in [4.69, 9.17) is 0 Å². The molecule has 0 radical (unpaired) electrons. The monoisotopic (exact) mass is 556 g/mol. The van der Waals surface area contributed by atoms with Crippen molar-refractivity contribution in [3.63, 3.8) is 0 Å². The van der Waals surface area contributed by atoms with Crippen LogP contribution < -0.4 is 10.2 Å². The Hall–Kier alpha value is -2.63. The third-order valence-electron chi connectivity index (χ3n) is 7.76. The van der Waals surface area contributed by atoms with Crippen LogP contribution in [0, 0.1) is 35.2 Å². The van der Waals surface area contributed by atoms with Crippen molar-refractivity contribution in [3.05, 3.63) is 53.3 Å². The van der Waals surface area contributed by atoms with Gasteiger partial charge >= 0.3 is 0 Å². The number of halogens is 3. The highest BCUT2D eigenvalue weighted by atomic mass is 32.2. The van der Waals surface area contributed by atoms with Gasteiger partial charge in [-0.1, -0.05) is 20.8 Å². The summed E-state index contributed by atoms with van der Waals surface area (Å²) in [6.45, 7) is 5.04. The topological polar surface area (TPSA) is 107 Å². The van der Waals surface area contributed by atoms with Crippen LogP contribution in [0.3, 0.4) is 0 Å². The van der Waals surface area contributed by atoms with Crippen LogP contribution >= 0.6 is 0 Å². The van der Waals surface area contributed by atoms with Gasteiger partial charge < -0.3 is 20.4 Å². The van der Waals surface area contributed by atoms with Gasteiger partial charge in [-0.3, -0.25) is 4.79 Å². The summed E-state index contributed by atoms with van der Waals surface area (Å²) in [6, 6.07) is 5.34. The molecular formula is C27H35F3N2O5S. The molecule has 11 heteroatoms. The lowest BCUT2D eigenvalue weighted by Gasteiger charge is -2.32. The average molecular weight is 557 g/mol. The van der Waals surface area contributed by atoms with E-state index in [0.29, 0.717) is 24.2 Å². The number of carbonyl (C=O) groups is 1. The van der Waals surface area contributed by atoms with E-state index in [-0.39, 0.29) is 40.8 Å². The highest BCUT2D eigenvalue weighted by molar-refractivity contribution is 7.92. The molecule has 1 fully saturated rings. The average Bonchev–Trinajstić information content (AvgIpc) is 3.14. The minimum absolute atomic E-state index is 0.0390. The molecule has 1 aliphatic carbocycles. The molecule has 5 atom stereocenters. The summed E-state index contributed by atoms with van der Waals surface area (Å²) in [4.78, 5) is 14.4. The van der Waals surface area contributed by atoms with Crippen molar-refractivity contribution >= 4 is 27.1 Å². The first kappa shape index (κ1) is 29.9. The second-order valence-electron chi connectivity index (χ2n) is 10.6. The van der Waals surface area contributed by atoms with Crippen LogP contribution in [0.1, 0.15) is 50.4 Å². The lowest BCUT2D eigenvalue weighted by atomic mass is 9.87. The molecule has 1 aliphatic rings. The summed E-state index contributed by atoms with van der Waals surface area (Å²) >= 11 is 0. The normalized spacial score (nSPS) is 23.2. The molecule has 1 saturated carbocycles. The second kappa shape index (κ2) is 11.2. The predicted molar refractivity (Wildman–Crippen MR) is 139 cm³/mol. The van der Waals surface area contributed by atoms with Crippen LogP contribution in [0.5, 0.6) is 0 Å². The molecule has 0 aromatic heterocycles. The zero-order valence-corrected chi connectivity index (χ0v) is 22.9. The summed E-state index contributed by atoms with van der Waals surface area (Å²) in [5.74, 6) is -6.10. The molecule has 2 unspecified atom stereocenters. The van der Waals surface area contributed by atoms with Gasteiger partial charge in [-0.25, -0.2) is 21.6 Å². The van der Waals surface area contributed by atoms with Crippen molar-refractivity contribution in [1.82, 2.24) is 0 Å². The molecular weight excluding hydrogens is 521 g/mol. The second-order valence-corrected chi connectivity index (χ2v) is 12.6. The van der Waals surface area contributed by atoms with Gasteiger partial charge in [0.05, 0.1) is 28.0 Å².